The van der Waals surface area contributed by atoms with Crippen molar-refractivity contribution in [3.63, 3.8) is 0 Å². The fraction of sp³-hybridized carbons (Fsp3) is 0.500. The van der Waals surface area contributed by atoms with Crippen molar-refractivity contribution in [3.05, 3.63) is 41.7 Å². The summed E-state index contributed by atoms with van der Waals surface area (Å²) in [4.78, 5) is 3.80. The fourth-order valence-electron chi connectivity index (χ4n) is 2.15. The molecule has 0 aromatic carbocycles. The van der Waals surface area contributed by atoms with Crippen LogP contribution in [0.3, 0.4) is 0 Å². The Bertz CT molecular complexity index is 420. The Labute approximate surface area is 107 Å². The maximum absolute atomic E-state index is 13.9. The number of rotatable bonds is 5. The average molecular weight is 250 g/mol. The number of nitrogens with one attached hydrogen (secondary N) is 1. The molecule has 3 nitrogen and oxygen atoms in total. The van der Waals surface area contributed by atoms with Gasteiger partial charge >= 0.3 is 0 Å². The maximum atomic E-state index is 13.9. The molecule has 4 heteroatoms. The Hall–Kier alpha value is -1.42. The van der Waals surface area contributed by atoms with E-state index in [1.165, 1.54) is 6.20 Å². The van der Waals surface area contributed by atoms with Crippen LogP contribution in [0.15, 0.2) is 30.3 Å². The minimum Gasteiger partial charge on any atom is -0.501 e. The highest BCUT2D eigenvalue weighted by atomic mass is 19.1. The van der Waals surface area contributed by atoms with Gasteiger partial charge in [0.15, 0.2) is 0 Å². The summed E-state index contributed by atoms with van der Waals surface area (Å²) in [7, 11) is 0. The van der Waals surface area contributed by atoms with Gasteiger partial charge in [0.05, 0.1) is 25.1 Å². The summed E-state index contributed by atoms with van der Waals surface area (Å²) >= 11 is 0. The molecule has 98 valence electrons. The van der Waals surface area contributed by atoms with E-state index in [1.807, 2.05) is 0 Å². The van der Waals surface area contributed by atoms with Gasteiger partial charge in [-0.2, -0.15) is 0 Å². The van der Waals surface area contributed by atoms with Gasteiger partial charge in [-0.1, -0.05) is 6.92 Å². The summed E-state index contributed by atoms with van der Waals surface area (Å²) in [5.74, 6) is -0.266. The van der Waals surface area contributed by atoms with Crippen molar-refractivity contribution in [2.24, 2.45) is 0 Å². The molecule has 1 aromatic rings. The van der Waals surface area contributed by atoms with E-state index in [4.69, 9.17) is 4.74 Å². The fourth-order valence-corrected chi connectivity index (χ4v) is 2.15. The van der Waals surface area contributed by atoms with Crippen molar-refractivity contribution in [2.45, 2.75) is 32.2 Å². The van der Waals surface area contributed by atoms with Crippen molar-refractivity contribution in [1.29, 1.82) is 0 Å². The van der Waals surface area contributed by atoms with Crippen LogP contribution in [0.4, 0.5) is 4.39 Å². The van der Waals surface area contributed by atoms with Gasteiger partial charge in [-0.15, -0.1) is 0 Å². The predicted molar refractivity (Wildman–Crippen MR) is 68.5 cm³/mol. The van der Waals surface area contributed by atoms with Crippen LogP contribution in [-0.4, -0.2) is 18.1 Å². The largest absolute Gasteiger partial charge is 0.501 e. The molecule has 2 heterocycles. The molecule has 1 N–H and O–H groups in total. The van der Waals surface area contributed by atoms with Gasteiger partial charge in [-0.3, -0.25) is 4.98 Å². The van der Waals surface area contributed by atoms with E-state index in [1.54, 1.807) is 18.5 Å². The second-order valence-electron chi connectivity index (χ2n) is 4.45. The molecule has 0 spiro atoms. The first kappa shape index (κ1) is 13.0. The van der Waals surface area contributed by atoms with Crippen LogP contribution in [-0.2, 0) is 4.74 Å². The van der Waals surface area contributed by atoms with Crippen LogP contribution < -0.4 is 5.32 Å². The lowest BCUT2D eigenvalue weighted by atomic mass is 9.95. The van der Waals surface area contributed by atoms with E-state index in [0.717, 1.165) is 38.0 Å². The lowest BCUT2D eigenvalue weighted by Crippen LogP contribution is -2.26. The lowest BCUT2D eigenvalue weighted by Gasteiger charge is -2.25. The van der Waals surface area contributed by atoms with Crippen molar-refractivity contribution < 1.29 is 9.13 Å². The van der Waals surface area contributed by atoms with Crippen LogP contribution in [0.25, 0.3) is 0 Å². The molecule has 1 aromatic heterocycles. The topological polar surface area (TPSA) is 34.1 Å². The van der Waals surface area contributed by atoms with Gasteiger partial charge in [0, 0.05) is 11.8 Å². The summed E-state index contributed by atoms with van der Waals surface area (Å²) in [6, 6.07) is 1.63. The van der Waals surface area contributed by atoms with Crippen molar-refractivity contribution >= 4 is 0 Å². The third kappa shape index (κ3) is 3.07. The van der Waals surface area contributed by atoms with Crippen molar-refractivity contribution in [1.82, 2.24) is 10.3 Å². The second-order valence-corrected chi connectivity index (χ2v) is 4.45. The van der Waals surface area contributed by atoms with E-state index in [0.29, 0.717) is 5.56 Å². The van der Waals surface area contributed by atoms with Gasteiger partial charge in [-0.05, 0) is 37.4 Å². The van der Waals surface area contributed by atoms with Crippen molar-refractivity contribution in [3.8, 4) is 0 Å². The predicted octanol–water partition coefficient (Wildman–Crippen LogP) is 2.96. The Morgan fingerprint density at radius 2 is 2.44 bits per heavy atom. The molecule has 2 rings (SSSR count). The zero-order valence-corrected chi connectivity index (χ0v) is 10.7. The first-order chi connectivity index (χ1) is 8.83. The molecule has 0 fully saturated rings. The third-order valence-electron chi connectivity index (χ3n) is 3.05. The third-order valence-corrected chi connectivity index (χ3v) is 3.05. The summed E-state index contributed by atoms with van der Waals surface area (Å²) in [6.45, 7) is 3.70. The highest BCUT2D eigenvalue weighted by molar-refractivity contribution is 5.27. The van der Waals surface area contributed by atoms with Crippen LogP contribution in [0.1, 0.15) is 37.8 Å². The first-order valence-corrected chi connectivity index (χ1v) is 6.46. The zero-order chi connectivity index (χ0) is 12.8. The smallest absolute Gasteiger partial charge is 0.146 e. The molecule has 0 saturated carbocycles. The van der Waals surface area contributed by atoms with Crippen molar-refractivity contribution in [2.75, 3.05) is 13.2 Å². The molecule has 1 aliphatic heterocycles. The minimum absolute atomic E-state index is 0.103. The summed E-state index contributed by atoms with van der Waals surface area (Å²) < 4.78 is 19.2. The number of nitrogens with zero attached hydrogens (tertiary/aromatic N) is 1. The van der Waals surface area contributed by atoms with Gasteiger partial charge in [0.2, 0.25) is 0 Å². The highest BCUT2D eigenvalue weighted by Crippen LogP contribution is 2.28. The van der Waals surface area contributed by atoms with E-state index >= 15 is 0 Å². The Kier molecular flexibility index (Phi) is 4.70. The molecule has 0 bridgehead atoms. The molecule has 0 radical (unpaired) electrons. The van der Waals surface area contributed by atoms with Gasteiger partial charge in [-0.25, -0.2) is 4.39 Å². The molecule has 1 unspecified atom stereocenters. The average Bonchev–Trinajstić information content (AvgIpc) is 2.42. The normalized spacial score (nSPS) is 16.9. The Morgan fingerprint density at radius 3 is 3.11 bits per heavy atom. The standard InChI is InChI=1S/C14H19FN2O/c1-2-6-17-14(11-4-3-8-18-10-11)12-5-7-16-9-13(12)15/h5,7,9-10,14,17H,2-4,6,8H2,1H3. The van der Waals surface area contributed by atoms with E-state index in [2.05, 4.69) is 17.2 Å². The summed E-state index contributed by atoms with van der Waals surface area (Å²) in [5, 5.41) is 3.38. The van der Waals surface area contributed by atoms with Crippen LogP contribution >= 0.6 is 0 Å². The number of pyridine rings is 1. The summed E-state index contributed by atoms with van der Waals surface area (Å²) in [5.41, 5.74) is 1.76. The minimum atomic E-state index is -0.266. The number of hydrogen-bond donors (Lipinski definition) is 1. The Balaban J connectivity index is 2.24. The van der Waals surface area contributed by atoms with E-state index in [9.17, 15) is 4.39 Å². The molecule has 1 atom stereocenters. The molecular weight excluding hydrogens is 231 g/mol. The number of hydrogen-bond acceptors (Lipinski definition) is 3. The first-order valence-electron chi connectivity index (χ1n) is 6.46. The van der Waals surface area contributed by atoms with Gasteiger partial charge in [0.1, 0.15) is 5.82 Å². The summed E-state index contributed by atoms with van der Waals surface area (Å²) in [6.07, 6.45) is 7.61. The number of ether oxygens (including phenoxy) is 1. The quantitative estimate of drug-likeness (QED) is 0.872. The molecule has 0 amide bonds. The van der Waals surface area contributed by atoms with Gasteiger partial charge < -0.3 is 10.1 Å². The SMILES string of the molecule is CCCNC(C1=COCCC1)c1ccncc1F. The molecular formula is C14H19FN2O. The second kappa shape index (κ2) is 6.50. The lowest BCUT2D eigenvalue weighted by molar-refractivity contribution is 0.219. The van der Waals surface area contributed by atoms with Crippen LogP contribution in [0.2, 0.25) is 0 Å². The number of aromatic nitrogens is 1. The van der Waals surface area contributed by atoms with Crippen LogP contribution in [0.5, 0.6) is 0 Å². The van der Waals surface area contributed by atoms with Crippen LogP contribution in [0, 0.1) is 5.82 Å². The molecule has 1 aliphatic rings. The van der Waals surface area contributed by atoms with Gasteiger partial charge in [0.25, 0.3) is 0 Å². The zero-order valence-electron chi connectivity index (χ0n) is 10.7. The molecule has 0 aliphatic carbocycles. The highest BCUT2D eigenvalue weighted by Gasteiger charge is 2.21. The maximum Gasteiger partial charge on any atom is 0.146 e. The monoisotopic (exact) mass is 250 g/mol. The van der Waals surface area contributed by atoms with E-state index < -0.39 is 0 Å². The molecule has 18 heavy (non-hydrogen) atoms. The molecule has 0 saturated heterocycles. The Morgan fingerprint density at radius 1 is 1.56 bits per heavy atom. The number of halogens is 1. The van der Waals surface area contributed by atoms with E-state index in [-0.39, 0.29) is 11.9 Å².